The number of halogens is 1. The van der Waals surface area contributed by atoms with Crippen molar-refractivity contribution in [3.8, 4) is 0 Å². The maximum atomic E-state index is 12.5. The Kier molecular flexibility index (Phi) is 7.79. The van der Waals surface area contributed by atoms with Gasteiger partial charge in [0.25, 0.3) is 0 Å². The third-order valence-corrected chi connectivity index (χ3v) is 3.35. The number of hydrogen-bond donors (Lipinski definition) is 2. The van der Waals surface area contributed by atoms with Crippen LogP contribution in [0, 0.1) is 5.92 Å². The Hall–Kier alpha value is -2.53. The van der Waals surface area contributed by atoms with Crippen molar-refractivity contribution in [1.82, 2.24) is 0 Å². The molecule has 0 bridgehead atoms. The summed E-state index contributed by atoms with van der Waals surface area (Å²) in [5.41, 5.74) is 7.72. The Morgan fingerprint density at radius 2 is 1.71 bits per heavy atom. The smallest absolute Gasteiger partial charge is 0.318 e. The summed E-state index contributed by atoms with van der Waals surface area (Å²) in [6.07, 6.45) is 0.292. The van der Waals surface area contributed by atoms with Gasteiger partial charge in [0.2, 0.25) is 5.91 Å². The van der Waals surface area contributed by atoms with Gasteiger partial charge < -0.3 is 15.8 Å². The molecule has 0 saturated heterocycles. The molecule has 2 aromatic carbocycles. The number of nitrogens with one attached hydrogen (secondary N) is 1. The maximum Gasteiger partial charge on any atom is 0.318 e. The Morgan fingerprint density at radius 1 is 1.08 bits per heavy atom. The number of nitrogen functional groups attached to an aromatic ring is 1. The quantitative estimate of drug-likeness (QED) is 0.477. The van der Waals surface area contributed by atoms with E-state index in [9.17, 15) is 9.59 Å². The van der Waals surface area contributed by atoms with E-state index >= 15 is 0 Å². The summed E-state index contributed by atoms with van der Waals surface area (Å²) in [6.45, 7) is 1.95. The fourth-order valence-corrected chi connectivity index (χ4v) is 2.17. The van der Waals surface area contributed by atoms with E-state index in [1.165, 1.54) is 0 Å². The average Bonchev–Trinajstić information content (AvgIpc) is 2.56. The summed E-state index contributed by atoms with van der Waals surface area (Å²) < 4.78 is 5.03. The van der Waals surface area contributed by atoms with E-state index in [-0.39, 0.29) is 19.0 Å². The lowest BCUT2D eigenvalue weighted by Crippen LogP contribution is -2.33. The van der Waals surface area contributed by atoms with Gasteiger partial charge in [-0.1, -0.05) is 30.3 Å². The predicted octanol–water partition coefficient (Wildman–Crippen LogP) is 3.05. The van der Waals surface area contributed by atoms with Crippen LogP contribution in [0.2, 0.25) is 0 Å². The summed E-state index contributed by atoms with van der Waals surface area (Å²) in [7, 11) is 0. The van der Waals surface area contributed by atoms with E-state index in [0.29, 0.717) is 17.8 Å². The number of nitrogens with two attached hydrogens (primary N) is 1. The Morgan fingerprint density at radius 3 is 2.29 bits per heavy atom. The van der Waals surface area contributed by atoms with Crippen molar-refractivity contribution in [2.24, 2.45) is 5.92 Å². The molecule has 0 aliphatic carbocycles. The molecule has 5 nitrogen and oxygen atoms in total. The second-order valence-electron chi connectivity index (χ2n) is 5.11. The van der Waals surface area contributed by atoms with Gasteiger partial charge in [-0.25, -0.2) is 0 Å². The van der Waals surface area contributed by atoms with Crippen molar-refractivity contribution in [2.75, 3.05) is 17.7 Å². The molecular formula is C18H21ClN2O3. The van der Waals surface area contributed by atoms with Crippen LogP contribution in [0.5, 0.6) is 0 Å². The lowest BCUT2D eigenvalue weighted by atomic mass is 9.98. The van der Waals surface area contributed by atoms with Gasteiger partial charge in [-0.2, -0.15) is 0 Å². The van der Waals surface area contributed by atoms with Crippen molar-refractivity contribution in [2.45, 2.75) is 13.3 Å². The molecule has 0 aliphatic heterocycles. The van der Waals surface area contributed by atoms with E-state index in [1.54, 1.807) is 31.2 Å². The van der Waals surface area contributed by atoms with Crippen LogP contribution >= 0.6 is 12.4 Å². The van der Waals surface area contributed by atoms with Crippen molar-refractivity contribution < 1.29 is 14.3 Å². The molecule has 0 radical (unpaired) electrons. The zero-order valence-corrected chi connectivity index (χ0v) is 14.2. The number of carbonyl (C=O) groups excluding carboxylic acids is 2. The molecule has 0 aromatic heterocycles. The van der Waals surface area contributed by atoms with Gasteiger partial charge in [-0.05, 0) is 43.2 Å². The first-order chi connectivity index (χ1) is 11.1. The fraction of sp³-hybridized carbons (Fsp3) is 0.222. The summed E-state index contributed by atoms with van der Waals surface area (Å²) in [6, 6.07) is 16.1. The van der Waals surface area contributed by atoms with Gasteiger partial charge >= 0.3 is 5.97 Å². The molecule has 2 rings (SSSR count). The highest BCUT2D eigenvalue weighted by atomic mass is 35.5. The van der Waals surface area contributed by atoms with E-state index in [0.717, 1.165) is 5.56 Å². The lowest BCUT2D eigenvalue weighted by molar-refractivity contribution is -0.150. The Labute approximate surface area is 147 Å². The molecule has 128 valence electrons. The van der Waals surface area contributed by atoms with Crippen LogP contribution in [0.4, 0.5) is 11.4 Å². The number of anilines is 2. The van der Waals surface area contributed by atoms with E-state index in [1.807, 2.05) is 30.3 Å². The highest BCUT2D eigenvalue weighted by molar-refractivity contribution is 6.05. The van der Waals surface area contributed by atoms with Crippen LogP contribution in [0.25, 0.3) is 0 Å². The predicted molar refractivity (Wildman–Crippen MR) is 97.0 cm³/mol. The monoisotopic (exact) mass is 348 g/mol. The number of hydrogen-bond acceptors (Lipinski definition) is 4. The molecule has 0 spiro atoms. The van der Waals surface area contributed by atoms with Crippen molar-refractivity contribution >= 4 is 35.7 Å². The van der Waals surface area contributed by atoms with Gasteiger partial charge in [0.15, 0.2) is 0 Å². The third kappa shape index (κ3) is 5.59. The van der Waals surface area contributed by atoms with Gasteiger partial charge in [-0.15, -0.1) is 12.4 Å². The molecule has 6 heteroatoms. The molecule has 1 unspecified atom stereocenters. The van der Waals surface area contributed by atoms with Crippen LogP contribution < -0.4 is 11.1 Å². The minimum atomic E-state index is -0.894. The molecule has 3 N–H and O–H groups in total. The second kappa shape index (κ2) is 9.57. The van der Waals surface area contributed by atoms with Crippen molar-refractivity contribution in [3.05, 3.63) is 60.2 Å². The van der Waals surface area contributed by atoms with Crippen LogP contribution in [0.1, 0.15) is 12.5 Å². The number of amides is 1. The number of esters is 1. The molecule has 1 atom stereocenters. The van der Waals surface area contributed by atoms with Crippen molar-refractivity contribution in [1.29, 1.82) is 0 Å². The highest BCUT2D eigenvalue weighted by Gasteiger charge is 2.28. The first-order valence-electron chi connectivity index (χ1n) is 7.47. The van der Waals surface area contributed by atoms with Crippen LogP contribution in [0.3, 0.4) is 0 Å². The van der Waals surface area contributed by atoms with Crippen LogP contribution in [-0.2, 0) is 20.7 Å². The van der Waals surface area contributed by atoms with Crippen molar-refractivity contribution in [3.63, 3.8) is 0 Å². The summed E-state index contributed by atoms with van der Waals surface area (Å²) in [4.78, 5) is 24.6. The topological polar surface area (TPSA) is 81.4 Å². The largest absolute Gasteiger partial charge is 0.465 e. The van der Waals surface area contributed by atoms with Gasteiger partial charge in [0.1, 0.15) is 5.92 Å². The number of carbonyl (C=O) groups is 2. The molecule has 1 amide bonds. The average molecular weight is 349 g/mol. The minimum Gasteiger partial charge on any atom is -0.465 e. The number of rotatable bonds is 6. The summed E-state index contributed by atoms with van der Waals surface area (Å²) in [5, 5.41) is 2.73. The fourth-order valence-electron chi connectivity index (χ4n) is 2.17. The highest BCUT2D eigenvalue weighted by Crippen LogP contribution is 2.16. The zero-order valence-electron chi connectivity index (χ0n) is 13.4. The Bertz CT molecular complexity index is 660. The summed E-state index contributed by atoms with van der Waals surface area (Å²) >= 11 is 0. The van der Waals surface area contributed by atoms with E-state index in [4.69, 9.17) is 10.5 Å². The third-order valence-electron chi connectivity index (χ3n) is 3.35. The van der Waals surface area contributed by atoms with Crippen LogP contribution in [-0.4, -0.2) is 18.5 Å². The van der Waals surface area contributed by atoms with Gasteiger partial charge in [0, 0.05) is 11.4 Å². The zero-order chi connectivity index (χ0) is 16.7. The first-order valence-corrected chi connectivity index (χ1v) is 7.47. The minimum absolute atomic E-state index is 0. The van der Waals surface area contributed by atoms with Crippen LogP contribution in [0.15, 0.2) is 54.6 Å². The van der Waals surface area contributed by atoms with Gasteiger partial charge in [0.05, 0.1) is 6.61 Å². The number of benzene rings is 2. The summed E-state index contributed by atoms with van der Waals surface area (Å²) in [5.74, 6) is -1.81. The standard InChI is InChI=1S/C18H20N2O3.ClH/c1-2-23-18(22)16(12-13-6-4-3-5-7-13)17(21)20-15-10-8-14(19)9-11-15;/h3-11,16H,2,12,19H2,1H3,(H,20,21);1H. The molecule has 0 heterocycles. The normalized spacial score (nSPS) is 11.0. The second-order valence-corrected chi connectivity index (χ2v) is 5.11. The molecule has 2 aromatic rings. The molecule has 0 saturated carbocycles. The van der Waals surface area contributed by atoms with E-state index in [2.05, 4.69) is 5.32 Å². The molecule has 0 fully saturated rings. The first kappa shape index (κ1) is 19.5. The van der Waals surface area contributed by atoms with E-state index < -0.39 is 17.8 Å². The SMILES string of the molecule is CCOC(=O)C(Cc1ccccc1)C(=O)Nc1ccc(N)cc1.Cl. The lowest BCUT2D eigenvalue weighted by Gasteiger charge is -2.16. The maximum absolute atomic E-state index is 12.5. The molecular weight excluding hydrogens is 328 g/mol. The Balaban J connectivity index is 0.00000288. The number of ether oxygens (including phenoxy) is 1. The molecule has 24 heavy (non-hydrogen) atoms. The molecule has 0 aliphatic rings. The van der Waals surface area contributed by atoms with Gasteiger partial charge in [-0.3, -0.25) is 9.59 Å².